The van der Waals surface area contributed by atoms with Gasteiger partial charge < -0.3 is 20.9 Å². The van der Waals surface area contributed by atoms with Crippen LogP contribution in [0, 0.1) is 0 Å². The third-order valence-electron chi connectivity index (χ3n) is 4.67. The maximum atomic E-state index is 12.0. The molecule has 0 unspecified atom stereocenters. The zero-order chi connectivity index (χ0) is 19.2. The second-order valence-electron chi connectivity index (χ2n) is 6.55. The van der Waals surface area contributed by atoms with Crippen molar-refractivity contribution < 1.29 is 9.59 Å². The summed E-state index contributed by atoms with van der Waals surface area (Å²) < 4.78 is 0. The van der Waals surface area contributed by atoms with E-state index in [1.165, 1.54) is 0 Å². The normalized spacial score (nSPS) is 14.1. The first kappa shape index (κ1) is 18.7. The van der Waals surface area contributed by atoms with Crippen LogP contribution in [0.3, 0.4) is 0 Å². The lowest BCUT2D eigenvalue weighted by atomic mass is 10.1. The molecule has 0 bridgehead atoms. The van der Waals surface area contributed by atoms with Crippen molar-refractivity contribution in [2.24, 2.45) is 5.73 Å². The van der Waals surface area contributed by atoms with Gasteiger partial charge in [-0.05, 0) is 42.8 Å². The molecule has 0 aliphatic carbocycles. The number of rotatable bonds is 6. The summed E-state index contributed by atoms with van der Waals surface area (Å²) in [6, 6.07) is 11.1. The number of hydrogen-bond donors (Lipinski definition) is 2. The van der Waals surface area contributed by atoms with Gasteiger partial charge in [-0.3, -0.25) is 9.59 Å². The molecule has 1 aromatic carbocycles. The average Bonchev–Trinajstić information content (AvgIpc) is 2.72. The average molecular weight is 367 g/mol. The van der Waals surface area contributed by atoms with Gasteiger partial charge in [0.2, 0.25) is 5.91 Å². The first-order chi connectivity index (χ1) is 13.1. The first-order valence-corrected chi connectivity index (χ1v) is 9.22. The molecular weight excluding hydrogens is 342 g/mol. The van der Waals surface area contributed by atoms with Gasteiger partial charge in [-0.2, -0.15) is 0 Å². The number of piperazine rings is 1. The van der Waals surface area contributed by atoms with E-state index >= 15 is 0 Å². The molecule has 1 aliphatic rings. The molecule has 0 atom stereocenters. The SMILES string of the molecule is CCCNC(=O)c1ccc(N2CCN(c3ccc(C(N)=O)cc3)CC2)nc1. The van der Waals surface area contributed by atoms with Crippen LogP contribution in [0.1, 0.15) is 34.1 Å². The van der Waals surface area contributed by atoms with Crippen molar-refractivity contribution in [2.45, 2.75) is 13.3 Å². The molecule has 1 aromatic heterocycles. The molecule has 1 aliphatic heterocycles. The second kappa shape index (κ2) is 8.53. The van der Waals surface area contributed by atoms with Gasteiger partial charge in [0.05, 0.1) is 5.56 Å². The van der Waals surface area contributed by atoms with Crippen molar-refractivity contribution >= 4 is 23.3 Å². The molecule has 142 valence electrons. The Morgan fingerprint density at radius 2 is 1.63 bits per heavy atom. The minimum atomic E-state index is -0.413. The number of carbonyl (C=O) groups is 2. The minimum Gasteiger partial charge on any atom is -0.368 e. The summed E-state index contributed by atoms with van der Waals surface area (Å²) in [5.41, 5.74) is 7.47. The van der Waals surface area contributed by atoms with Crippen molar-refractivity contribution in [3.8, 4) is 0 Å². The standard InChI is InChI=1S/C20H25N5O2/c1-2-9-22-20(27)16-5-8-18(23-14-16)25-12-10-24(11-13-25)17-6-3-15(4-7-17)19(21)26/h3-8,14H,2,9-13H2,1H3,(H2,21,26)(H,22,27). The molecule has 7 heteroatoms. The Balaban J connectivity index is 1.57. The van der Waals surface area contributed by atoms with E-state index in [2.05, 4.69) is 20.1 Å². The van der Waals surface area contributed by atoms with E-state index in [4.69, 9.17) is 5.73 Å². The number of benzene rings is 1. The van der Waals surface area contributed by atoms with Crippen LogP contribution in [-0.4, -0.2) is 49.5 Å². The molecule has 3 rings (SSSR count). The summed E-state index contributed by atoms with van der Waals surface area (Å²) in [6.45, 7) is 6.08. The fourth-order valence-corrected chi connectivity index (χ4v) is 3.08. The van der Waals surface area contributed by atoms with Crippen molar-refractivity contribution in [3.05, 3.63) is 53.7 Å². The van der Waals surface area contributed by atoms with Gasteiger partial charge in [0.1, 0.15) is 5.82 Å². The van der Waals surface area contributed by atoms with E-state index in [9.17, 15) is 9.59 Å². The van der Waals surface area contributed by atoms with Crippen LogP contribution in [0.5, 0.6) is 0 Å². The third kappa shape index (κ3) is 4.55. The predicted molar refractivity (Wildman–Crippen MR) is 106 cm³/mol. The maximum Gasteiger partial charge on any atom is 0.252 e. The molecule has 27 heavy (non-hydrogen) atoms. The summed E-state index contributed by atoms with van der Waals surface area (Å²) in [6.07, 6.45) is 2.54. The summed E-state index contributed by atoms with van der Waals surface area (Å²) in [4.78, 5) is 32.1. The zero-order valence-electron chi connectivity index (χ0n) is 15.5. The third-order valence-corrected chi connectivity index (χ3v) is 4.67. The van der Waals surface area contributed by atoms with Crippen LogP contribution in [0.15, 0.2) is 42.6 Å². The fraction of sp³-hybridized carbons (Fsp3) is 0.350. The summed E-state index contributed by atoms with van der Waals surface area (Å²) >= 11 is 0. The molecule has 2 heterocycles. The van der Waals surface area contributed by atoms with Crippen molar-refractivity contribution in [2.75, 3.05) is 42.5 Å². The van der Waals surface area contributed by atoms with E-state index in [0.717, 1.165) is 44.1 Å². The zero-order valence-corrected chi connectivity index (χ0v) is 15.5. The van der Waals surface area contributed by atoms with Gasteiger partial charge in [0, 0.05) is 50.2 Å². The number of aromatic nitrogens is 1. The highest BCUT2D eigenvalue weighted by molar-refractivity contribution is 5.94. The highest BCUT2D eigenvalue weighted by Gasteiger charge is 2.19. The molecule has 2 aromatic rings. The summed E-state index contributed by atoms with van der Waals surface area (Å²) in [5.74, 6) is 0.384. The van der Waals surface area contributed by atoms with Crippen LogP contribution < -0.4 is 20.9 Å². The van der Waals surface area contributed by atoms with Gasteiger partial charge in [-0.1, -0.05) is 6.92 Å². The van der Waals surface area contributed by atoms with Gasteiger partial charge in [-0.25, -0.2) is 4.98 Å². The smallest absolute Gasteiger partial charge is 0.252 e. The monoisotopic (exact) mass is 367 g/mol. The maximum absolute atomic E-state index is 12.0. The van der Waals surface area contributed by atoms with E-state index in [1.807, 2.05) is 31.2 Å². The van der Waals surface area contributed by atoms with Crippen LogP contribution in [0.25, 0.3) is 0 Å². The molecule has 0 saturated carbocycles. The lowest BCUT2D eigenvalue weighted by Crippen LogP contribution is -2.46. The topological polar surface area (TPSA) is 91.6 Å². The lowest BCUT2D eigenvalue weighted by Gasteiger charge is -2.36. The van der Waals surface area contributed by atoms with Gasteiger partial charge in [-0.15, -0.1) is 0 Å². The molecule has 1 fully saturated rings. The number of anilines is 2. The second-order valence-corrected chi connectivity index (χ2v) is 6.55. The number of nitrogens with zero attached hydrogens (tertiary/aromatic N) is 3. The molecule has 0 spiro atoms. The van der Waals surface area contributed by atoms with Crippen molar-refractivity contribution in [3.63, 3.8) is 0 Å². The molecule has 7 nitrogen and oxygen atoms in total. The minimum absolute atomic E-state index is 0.0832. The number of hydrogen-bond acceptors (Lipinski definition) is 5. The Kier molecular flexibility index (Phi) is 5.90. The van der Waals surface area contributed by atoms with Crippen molar-refractivity contribution in [1.29, 1.82) is 0 Å². The van der Waals surface area contributed by atoms with E-state index in [1.54, 1.807) is 18.3 Å². The summed E-state index contributed by atoms with van der Waals surface area (Å²) in [7, 11) is 0. The molecule has 1 saturated heterocycles. The van der Waals surface area contributed by atoms with Crippen LogP contribution >= 0.6 is 0 Å². The van der Waals surface area contributed by atoms with E-state index < -0.39 is 5.91 Å². The number of primary amides is 1. The number of nitrogens with one attached hydrogen (secondary N) is 1. The van der Waals surface area contributed by atoms with Gasteiger partial charge in [0.25, 0.3) is 5.91 Å². The Bertz CT molecular complexity index is 781. The van der Waals surface area contributed by atoms with Crippen LogP contribution in [0.4, 0.5) is 11.5 Å². The Morgan fingerprint density at radius 1 is 1.00 bits per heavy atom. The first-order valence-electron chi connectivity index (χ1n) is 9.22. The van der Waals surface area contributed by atoms with Crippen LogP contribution in [-0.2, 0) is 0 Å². The van der Waals surface area contributed by atoms with Gasteiger partial charge >= 0.3 is 0 Å². The molecule has 3 N–H and O–H groups in total. The number of amides is 2. The van der Waals surface area contributed by atoms with Gasteiger partial charge in [0.15, 0.2) is 0 Å². The molecule has 2 amide bonds. The fourth-order valence-electron chi connectivity index (χ4n) is 3.08. The number of pyridine rings is 1. The summed E-state index contributed by atoms with van der Waals surface area (Å²) in [5, 5.41) is 2.85. The largest absolute Gasteiger partial charge is 0.368 e. The number of carbonyl (C=O) groups excluding carboxylic acids is 2. The molecule has 0 radical (unpaired) electrons. The highest BCUT2D eigenvalue weighted by atomic mass is 16.2. The van der Waals surface area contributed by atoms with E-state index in [0.29, 0.717) is 17.7 Å². The van der Waals surface area contributed by atoms with Crippen molar-refractivity contribution in [1.82, 2.24) is 10.3 Å². The number of nitrogens with two attached hydrogens (primary N) is 1. The highest BCUT2D eigenvalue weighted by Crippen LogP contribution is 2.20. The Morgan fingerprint density at radius 3 is 2.19 bits per heavy atom. The Labute approximate surface area is 159 Å². The molecular formula is C20H25N5O2. The van der Waals surface area contributed by atoms with Crippen LogP contribution in [0.2, 0.25) is 0 Å². The predicted octanol–water partition coefficient (Wildman–Crippen LogP) is 1.65. The Hall–Kier alpha value is -3.09. The lowest BCUT2D eigenvalue weighted by molar-refractivity contribution is 0.0952. The van der Waals surface area contributed by atoms with E-state index in [-0.39, 0.29) is 5.91 Å². The quantitative estimate of drug-likeness (QED) is 0.810.